The zero-order valence-corrected chi connectivity index (χ0v) is 28.5. The molecule has 5 aromatic rings. The molecule has 6 heteroatoms. The summed E-state index contributed by atoms with van der Waals surface area (Å²) in [5, 5.41) is 0. The first-order valence-electron chi connectivity index (χ1n) is 17.1. The first-order chi connectivity index (χ1) is 23.4. The van der Waals surface area contributed by atoms with Crippen LogP contribution in [0.4, 0.5) is 17.1 Å². The number of hydrogen-bond acceptors (Lipinski definition) is 4. The van der Waals surface area contributed by atoms with Gasteiger partial charge in [-0.25, -0.2) is 4.57 Å². The lowest BCUT2D eigenvalue weighted by molar-refractivity contribution is -0.671. The third kappa shape index (κ3) is 5.03. The molecule has 7 rings (SSSR count). The Labute approximate surface area is 284 Å². The van der Waals surface area contributed by atoms with Crippen LogP contribution in [0.25, 0.3) is 12.2 Å². The van der Waals surface area contributed by atoms with Crippen LogP contribution in [0.2, 0.25) is 0 Å². The molecule has 0 saturated heterocycles. The van der Waals surface area contributed by atoms with Gasteiger partial charge in [0.1, 0.15) is 24.1 Å². The van der Waals surface area contributed by atoms with Crippen molar-refractivity contribution in [1.29, 1.82) is 0 Å². The number of anilines is 3. The van der Waals surface area contributed by atoms with E-state index in [9.17, 15) is 4.79 Å². The lowest BCUT2D eigenvalue weighted by Gasteiger charge is -2.44. The predicted octanol–water partition coefficient (Wildman–Crippen LogP) is 8.43. The predicted molar refractivity (Wildman–Crippen MR) is 196 cm³/mol. The van der Waals surface area contributed by atoms with Crippen molar-refractivity contribution in [2.45, 2.75) is 33.2 Å². The lowest BCUT2D eigenvalue weighted by Crippen LogP contribution is -2.47. The number of aryl methyl sites for hydroxylation is 1. The molecule has 48 heavy (non-hydrogen) atoms. The molecule has 2 aliphatic rings. The summed E-state index contributed by atoms with van der Waals surface area (Å²) in [6.45, 7) is 12.2. The van der Waals surface area contributed by atoms with Gasteiger partial charge in [0.15, 0.2) is 12.4 Å². The largest absolute Gasteiger partial charge is 0.456 e. The van der Waals surface area contributed by atoms with E-state index in [1.54, 1.807) is 0 Å². The average Bonchev–Trinajstić information content (AvgIpc) is 3.37. The van der Waals surface area contributed by atoms with E-state index in [0.717, 1.165) is 82.6 Å². The van der Waals surface area contributed by atoms with E-state index in [4.69, 9.17) is 4.74 Å². The van der Waals surface area contributed by atoms with Crippen LogP contribution in [0.3, 0.4) is 0 Å². The summed E-state index contributed by atoms with van der Waals surface area (Å²) in [6.07, 6.45) is 8.30. The Bertz CT molecular complexity index is 1930. The highest BCUT2D eigenvalue weighted by molar-refractivity contribution is 6.14. The maximum Gasteiger partial charge on any atom is 0.260 e. The number of pyridine rings is 1. The smallest absolute Gasteiger partial charge is 0.260 e. The van der Waals surface area contributed by atoms with Crippen LogP contribution in [0.5, 0.6) is 11.5 Å². The zero-order valence-electron chi connectivity index (χ0n) is 28.5. The number of carbonyl (C=O) groups excluding carboxylic acids is 1. The highest BCUT2D eigenvalue weighted by Crippen LogP contribution is 2.59. The second kappa shape index (κ2) is 12.7. The summed E-state index contributed by atoms with van der Waals surface area (Å²) in [4.78, 5) is 21.3. The maximum atomic E-state index is 14.7. The molecule has 3 heterocycles. The number of fused-ring (bicyclic) bond motifs is 6. The van der Waals surface area contributed by atoms with Gasteiger partial charge >= 0.3 is 0 Å². The minimum absolute atomic E-state index is 0.0227. The van der Waals surface area contributed by atoms with Crippen molar-refractivity contribution in [3.63, 3.8) is 0 Å². The first-order valence-corrected chi connectivity index (χ1v) is 17.1. The minimum Gasteiger partial charge on any atom is -0.456 e. The topological polar surface area (TPSA) is 39.9 Å². The summed E-state index contributed by atoms with van der Waals surface area (Å²) in [5.41, 5.74) is 7.90. The van der Waals surface area contributed by atoms with E-state index in [0.29, 0.717) is 5.56 Å². The Hall–Kier alpha value is -5.36. The molecule has 1 spiro atoms. The normalized spacial score (nSPS) is 14.1. The molecule has 0 saturated carbocycles. The van der Waals surface area contributed by atoms with Crippen molar-refractivity contribution in [3.05, 3.63) is 143 Å². The van der Waals surface area contributed by atoms with Gasteiger partial charge in [-0.2, -0.15) is 0 Å². The fraction of sp³-hybridized carbons (Fsp3) is 0.238. The summed E-state index contributed by atoms with van der Waals surface area (Å²) >= 11 is 0. The average molecular weight is 636 g/mol. The Morgan fingerprint density at radius 1 is 0.667 bits per heavy atom. The molecule has 0 N–H and O–H groups in total. The maximum absolute atomic E-state index is 14.7. The number of benzene rings is 4. The summed E-state index contributed by atoms with van der Waals surface area (Å²) in [6, 6.07) is 33.6. The van der Waals surface area contributed by atoms with E-state index < -0.39 is 5.54 Å². The molecule has 0 bridgehead atoms. The molecular formula is C42H43N4O2+. The van der Waals surface area contributed by atoms with Gasteiger partial charge in [0, 0.05) is 89.8 Å². The van der Waals surface area contributed by atoms with Gasteiger partial charge in [-0.15, -0.1) is 0 Å². The third-order valence-electron chi connectivity index (χ3n) is 9.90. The van der Waals surface area contributed by atoms with Crippen LogP contribution >= 0.6 is 0 Å². The SMILES string of the molecule is CCN(CC)c1ccc2c(c1)Oc1cc(N(CC)CC)ccc1C21c2ccccc2C(=O)N1c1ccc(/C=C/c2cc[n+](C)cc2)cc1. The summed E-state index contributed by atoms with van der Waals surface area (Å²) in [5.74, 6) is 1.52. The molecule has 6 nitrogen and oxygen atoms in total. The highest BCUT2D eigenvalue weighted by Gasteiger charge is 2.57. The van der Waals surface area contributed by atoms with Crippen molar-refractivity contribution in [2.24, 2.45) is 7.05 Å². The zero-order chi connectivity index (χ0) is 33.4. The third-order valence-corrected chi connectivity index (χ3v) is 9.90. The first kappa shape index (κ1) is 31.3. The molecule has 4 aromatic carbocycles. The van der Waals surface area contributed by atoms with E-state index in [1.807, 2.05) is 47.1 Å². The number of rotatable bonds is 9. The standard InChI is InChI=1S/C42H43N4O2/c1-6-44(7-2)33-20-22-37-39(28-33)48-40-29-34(45(8-3)9-4)21-23-38(40)42(37)36-13-11-10-12-35(36)41(47)46(42)32-18-16-30(17-19-32)14-15-31-24-26-43(5)27-25-31/h10-29H,6-9H2,1-5H3/q+1. The molecule has 1 aromatic heterocycles. The van der Waals surface area contributed by atoms with Gasteiger partial charge < -0.3 is 14.5 Å². The van der Waals surface area contributed by atoms with Crippen LogP contribution in [0.15, 0.2) is 109 Å². The molecular weight excluding hydrogens is 592 g/mol. The fourth-order valence-corrected chi connectivity index (χ4v) is 7.39. The molecule has 0 aliphatic carbocycles. The van der Waals surface area contributed by atoms with Crippen LogP contribution in [-0.2, 0) is 12.6 Å². The highest BCUT2D eigenvalue weighted by atomic mass is 16.5. The number of hydrogen-bond donors (Lipinski definition) is 0. The number of nitrogens with zero attached hydrogens (tertiary/aromatic N) is 4. The number of ether oxygens (including phenoxy) is 1. The fourth-order valence-electron chi connectivity index (χ4n) is 7.39. The van der Waals surface area contributed by atoms with Crippen molar-refractivity contribution < 1.29 is 14.1 Å². The van der Waals surface area contributed by atoms with E-state index in [2.05, 4.69) is 129 Å². The molecule has 0 radical (unpaired) electrons. The van der Waals surface area contributed by atoms with Gasteiger partial charge in [0.25, 0.3) is 5.91 Å². The van der Waals surface area contributed by atoms with Gasteiger partial charge in [0.2, 0.25) is 0 Å². The van der Waals surface area contributed by atoms with Crippen molar-refractivity contribution in [2.75, 3.05) is 40.9 Å². The number of carbonyl (C=O) groups is 1. The molecule has 2 aliphatic heterocycles. The molecule has 0 fully saturated rings. The number of amides is 1. The Morgan fingerprint density at radius 2 is 1.19 bits per heavy atom. The van der Waals surface area contributed by atoms with E-state index in [1.165, 1.54) is 0 Å². The monoisotopic (exact) mass is 635 g/mol. The van der Waals surface area contributed by atoms with Gasteiger partial charge in [-0.3, -0.25) is 9.69 Å². The minimum atomic E-state index is -0.920. The summed E-state index contributed by atoms with van der Waals surface area (Å²) < 4.78 is 8.88. The molecule has 0 unspecified atom stereocenters. The van der Waals surface area contributed by atoms with Gasteiger partial charge in [-0.1, -0.05) is 54.6 Å². The van der Waals surface area contributed by atoms with Gasteiger partial charge in [0.05, 0.1) is 0 Å². The quantitative estimate of drug-likeness (QED) is 0.153. The van der Waals surface area contributed by atoms with Crippen molar-refractivity contribution >= 4 is 35.1 Å². The van der Waals surface area contributed by atoms with Crippen LogP contribution in [-0.4, -0.2) is 32.1 Å². The van der Waals surface area contributed by atoms with Gasteiger partial charge in [-0.05, 0) is 69.2 Å². The molecule has 0 atom stereocenters. The second-order valence-corrected chi connectivity index (χ2v) is 12.4. The van der Waals surface area contributed by atoms with Crippen LogP contribution in [0, 0.1) is 0 Å². The Kier molecular flexibility index (Phi) is 8.26. The molecule has 1 amide bonds. The number of aromatic nitrogens is 1. The molecule has 242 valence electrons. The van der Waals surface area contributed by atoms with Crippen molar-refractivity contribution in [3.8, 4) is 11.5 Å². The lowest BCUT2D eigenvalue weighted by atomic mass is 9.74. The van der Waals surface area contributed by atoms with Crippen LogP contribution < -0.4 is 24.0 Å². The Balaban J connectivity index is 1.43. The van der Waals surface area contributed by atoms with E-state index >= 15 is 0 Å². The summed E-state index contributed by atoms with van der Waals surface area (Å²) in [7, 11) is 2.01. The van der Waals surface area contributed by atoms with Crippen LogP contribution in [0.1, 0.15) is 65.9 Å². The second-order valence-electron chi connectivity index (χ2n) is 12.4. The Morgan fingerprint density at radius 3 is 1.73 bits per heavy atom. The van der Waals surface area contributed by atoms with Crippen molar-refractivity contribution in [1.82, 2.24) is 0 Å². The van der Waals surface area contributed by atoms with E-state index in [-0.39, 0.29) is 5.91 Å².